The maximum atomic E-state index is 11.8. The van der Waals surface area contributed by atoms with E-state index in [0.717, 1.165) is 6.26 Å². The third-order valence-corrected chi connectivity index (χ3v) is 5.89. The van der Waals surface area contributed by atoms with Crippen molar-refractivity contribution in [3.8, 4) is 11.1 Å². The zero-order valence-electron chi connectivity index (χ0n) is 10.4. The van der Waals surface area contributed by atoms with Crippen molar-refractivity contribution in [1.29, 1.82) is 0 Å². The predicted molar refractivity (Wildman–Crippen MR) is 90.0 cm³/mol. The lowest BCUT2D eigenvalue weighted by Gasteiger charge is -2.13. The van der Waals surface area contributed by atoms with E-state index in [1.165, 1.54) is 6.07 Å². The third kappa shape index (κ3) is 3.44. The van der Waals surface area contributed by atoms with Gasteiger partial charge in [-0.3, -0.25) is 0 Å². The Hall–Kier alpha value is -0.160. The van der Waals surface area contributed by atoms with E-state index < -0.39 is 9.84 Å². The summed E-state index contributed by atoms with van der Waals surface area (Å²) in [6, 6.07) is 6.10. The Morgan fingerprint density at radius 3 is 2.00 bits per heavy atom. The van der Waals surface area contributed by atoms with E-state index in [9.17, 15) is 8.42 Å². The van der Waals surface area contributed by atoms with E-state index in [2.05, 4.69) is 0 Å². The molecule has 0 aliphatic rings. The number of hydrogen-bond acceptors (Lipinski definition) is 2. The Balaban J connectivity index is 2.88. The highest BCUT2D eigenvalue weighted by Gasteiger charge is 2.22. The molecule has 2 aromatic rings. The normalized spacial score (nSPS) is 11.7. The van der Waals surface area contributed by atoms with Crippen LogP contribution in [-0.2, 0) is 9.84 Å². The van der Waals surface area contributed by atoms with Crippen molar-refractivity contribution in [3.05, 3.63) is 49.4 Å². The van der Waals surface area contributed by atoms with Crippen molar-refractivity contribution in [1.82, 2.24) is 0 Å². The first kappa shape index (κ1) is 17.2. The van der Waals surface area contributed by atoms with Crippen LogP contribution in [0, 0.1) is 0 Å². The van der Waals surface area contributed by atoms with Crippen molar-refractivity contribution < 1.29 is 8.42 Å². The molecule has 112 valence electrons. The lowest BCUT2D eigenvalue weighted by Crippen LogP contribution is -2.00. The largest absolute Gasteiger partial charge is 0.224 e. The average Bonchev–Trinajstić information content (AvgIpc) is 2.38. The van der Waals surface area contributed by atoms with E-state index in [0.29, 0.717) is 21.2 Å². The second kappa shape index (κ2) is 6.15. The Morgan fingerprint density at radius 2 is 1.43 bits per heavy atom. The molecule has 21 heavy (non-hydrogen) atoms. The molecule has 0 heterocycles. The molecule has 0 saturated heterocycles. The summed E-state index contributed by atoms with van der Waals surface area (Å²) in [5.74, 6) is 0. The lowest BCUT2D eigenvalue weighted by molar-refractivity contribution is 0.602. The van der Waals surface area contributed by atoms with Gasteiger partial charge in [0.25, 0.3) is 0 Å². The second-order valence-electron chi connectivity index (χ2n) is 4.26. The molecule has 0 N–H and O–H groups in total. The number of sulfone groups is 1. The predicted octanol–water partition coefficient (Wildman–Crippen LogP) is 6.02. The van der Waals surface area contributed by atoms with E-state index in [-0.39, 0.29) is 20.0 Å². The van der Waals surface area contributed by atoms with Gasteiger partial charge >= 0.3 is 0 Å². The summed E-state index contributed by atoms with van der Waals surface area (Å²) in [6.07, 6.45) is 1.03. The number of benzene rings is 2. The zero-order valence-corrected chi connectivity index (χ0v) is 15.0. The van der Waals surface area contributed by atoms with Gasteiger partial charge in [0, 0.05) is 27.4 Å². The monoisotopic (exact) mass is 402 g/mol. The Bertz CT molecular complexity index is 831. The molecule has 0 amide bonds. The van der Waals surface area contributed by atoms with Gasteiger partial charge in [-0.2, -0.15) is 0 Å². The van der Waals surface area contributed by atoms with Crippen LogP contribution in [-0.4, -0.2) is 14.7 Å². The molecule has 0 bridgehead atoms. The minimum absolute atomic E-state index is 0.0488. The van der Waals surface area contributed by atoms with Crippen LogP contribution in [0.25, 0.3) is 11.1 Å². The molecule has 0 aliphatic carbocycles. The van der Waals surface area contributed by atoms with Crippen molar-refractivity contribution in [2.24, 2.45) is 0 Å². The third-order valence-electron chi connectivity index (χ3n) is 2.73. The molecule has 0 saturated carbocycles. The molecular weight excluding hydrogens is 397 g/mol. The molecule has 2 nitrogen and oxygen atoms in total. The van der Waals surface area contributed by atoms with Crippen molar-refractivity contribution in [2.75, 3.05) is 6.26 Å². The molecule has 0 fully saturated rings. The van der Waals surface area contributed by atoms with Gasteiger partial charge in [-0.25, -0.2) is 8.42 Å². The summed E-state index contributed by atoms with van der Waals surface area (Å²) < 4.78 is 23.6. The molecule has 0 radical (unpaired) electrons. The van der Waals surface area contributed by atoms with Crippen LogP contribution in [0.5, 0.6) is 0 Å². The highest BCUT2D eigenvalue weighted by Crippen LogP contribution is 2.44. The molecule has 2 aromatic carbocycles. The van der Waals surface area contributed by atoms with Gasteiger partial charge < -0.3 is 0 Å². The average molecular weight is 405 g/mol. The maximum Gasteiger partial charge on any atom is 0.177 e. The van der Waals surface area contributed by atoms with Crippen LogP contribution in [0.15, 0.2) is 29.2 Å². The number of halogens is 5. The Morgan fingerprint density at radius 1 is 0.810 bits per heavy atom. The topological polar surface area (TPSA) is 34.1 Å². The summed E-state index contributed by atoms with van der Waals surface area (Å²) >= 11 is 30.2. The second-order valence-corrected chi connectivity index (χ2v) is 8.22. The fourth-order valence-corrected chi connectivity index (χ4v) is 4.03. The maximum absolute atomic E-state index is 11.8. The lowest BCUT2D eigenvalue weighted by atomic mass is 10.1. The molecule has 0 atom stereocenters. The van der Waals surface area contributed by atoms with Gasteiger partial charge in [0.2, 0.25) is 0 Å². The molecule has 0 spiro atoms. The standard InChI is InChI=1S/C13H7Cl5O2S/c1-21(19,20)10-5-8(11(16)13(18)12(10)17)7-4-6(14)2-3-9(7)15/h2-5H,1H3. The fourth-order valence-electron chi connectivity index (χ4n) is 1.75. The quantitative estimate of drug-likeness (QED) is 0.573. The zero-order chi connectivity index (χ0) is 15.9. The highest BCUT2D eigenvalue weighted by atomic mass is 35.5. The summed E-state index contributed by atoms with van der Waals surface area (Å²) in [4.78, 5) is -0.121. The van der Waals surface area contributed by atoms with Crippen molar-refractivity contribution >= 4 is 67.8 Å². The van der Waals surface area contributed by atoms with Crippen LogP contribution in [0.3, 0.4) is 0 Å². The van der Waals surface area contributed by atoms with Crippen LogP contribution in [0.1, 0.15) is 0 Å². The van der Waals surface area contributed by atoms with E-state index in [1.54, 1.807) is 18.2 Å². The SMILES string of the molecule is CS(=O)(=O)c1cc(-c2cc(Cl)ccc2Cl)c(Cl)c(Cl)c1Cl. The van der Waals surface area contributed by atoms with Crippen LogP contribution >= 0.6 is 58.0 Å². The molecule has 0 unspecified atom stereocenters. The van der Waals surface area contributed by atoms with E-state index >= 15 is 0 Å². The van der Waals surface area contributed by atoms with Gasteiger partial charge in [0.05, 0.1) is 20.0 Å². The minimum Gasteiger partial charge on any atom is -0.224 e. The Labute approximate surface area is 147 Å². The first-order valence-corrected chi connectivity index (χ1v) is 9.24. The van der Waals surface area contributed by atoms with Crippen molar-refractivity contribution in [2.45, 2.75) is 4.90 Å². The van der Waals surface area contributed by atoms with Crippen molar-refractivity contribution in [3.63, 3.8) is 0 Å². The number of hydrogen-bond donors (Lipinski definition) is 0. The van der Waals surface area contributed by atoms with Crippen LogP contribution < -0.4 is 0 Å². The van der Waals surface area contributed by atoms with Gasteiger partial charge in [0.1, 0.15) is 0 Å². The first-order chi connectivity index (χ1) is 9.62. The summed E-state index contributed by atoms with van der Waals surface area (Å²) in [5.41, 5.74) is 0.816. The summed E-state index contributed by atoms with van der Waals surface area (Å²) in [6.45, 7) is 0. The molecular formula is C13H7Cl5O2S. The van der Waals surface area contributed by atoms with Gasteiger partial charge in [0.15, 0.2) is 9.84 Å². The first-order valence-electron chi connectivity index (χ1n) is 5.46. The smallest absolute Gasteiger partial charge is 0.177 e. The fraction of sp³-hybridized carbons (Fsp3) is 0.0769. The Kier molecular flexibility index (Phi) is 5.04. The van der Waals surface area contributed by atoms with E-state index in [1.807, 2.05) is 0 Å². The molecule has 8 heteroatoms. The number of rotatable bonds is 2. The summed E-state index contributed by atoms with van der Waals surface area (Å²) in [5, 5.41) is 0.730. The molecule has 0 aliphatic heterocycles. The van der Waals surface area contributed by atoms with Crippen LogP contribution in [0.2, 0.25) is 25.1 Å². The van der Waals surface area contributed by atoms with Gasteiger partial charge in [-0.1, -0.05) is 58.0 Å². The van der Waals surface area contributed by atoms with E-state index in [4.69, 9.17) is 58.0 Å². The molecule has 2 rings (SSSR count). The van der Waals surface area contributed by atoms with Crippen LogP contribution in [0.4, 0.5) is 0 Å². The highest BCUT2D eigenvalue weighted by molar-refractivity contribution is 7.90. The minimum atomic E-state index is -3.58. The van der Waals surface area contributed by atoms with Gasteiger partial charge in [-0.15, -0.1) is 0 Å². The summed E-state index contributed by atoms with van der Waals surface area (Å²) in [7, 11) is -3.58. The van der Waals surface area contributed by atoms with Gasteiger partial charge in [-0.05, 0) is 24.3 Å². The molecule has 0 aromatic heterocycles.